The van der Waals surface area contributed by atoms with Crippen molar-refractivity contribution in [1.29, 1.82) is 5.26 Å². The number of hydrogen-bond donors (Lipinski definition) is 2. The Hall–Kier alpha value is -4.49. The van der Waals surface area contributed by atoms with Gasteiger partial charge in [0.25, 0.3) is 0 Å². The van der Waals surface area contributed by atoms with Gasteiger partial charge in [0.15, 0.2) is 5.92 Å². The Kier molecular flexibility index (Phi) is 10.2. The van der Waals surface area contributed by atoms with Gasteiger partial charge in [0, 0.05) is 24.6 Å². The van der Waals surface area contributed by atoms with Crippen LogP contribution in [0.25, 0.3) is 11.3 Å². The maximum absolute atomic E-state index is 13.3. The molecule has 3 aromatic carbocycles. The van der Waals surface area contributed by atoms with Crippen molar-refractivity contribution in [3.05, 3.63) is 82.8 Å². The first-order valence-corrected chi connectivity index (χ1v) is 17.0. The minimum absolute atomic E-state index is 0.0462. The normalized spacial score (nSPS) is 12.3. The summed E-state index contributed by atoms with van der Waals surface area (Å²) in [5, 5.41) is 12.7. The second kappa shape index (κ2) is 13.9. The third-order valence-electron chi connectivity index (χ3n) is 5.72. The summed E-state index contributed by atoms with van der Waals surface area (Å²) < 4.78 is 47.7. The van der Waals surface area contributed by atoms with Crippen LogP contribution >= 0.6 is 22.9 Å². The summed E-state index contributed by atoms with van der Waals surface area (Å²) in [6.45, 7) is 0. The molecule has 2 unspecified atom stereocenters. The fraction of sp³-hybridized carbons (Fsp3) is 0.143. The number of ether oxygens (including phenoxy) is 1. The van der Waals surface area contributed by atoms with Crippen LogP contribution in [0.5, 0.6) is 10.8 Å². The number of hydrogen-bond acceptors (Lipinski definition) is 10. The number of amides is 2. The molecule has 2 amide bonds. The summed E-state index contributed by atoms with van der Waals surface area (Å²) in [5.74, 6) is -1.87. The molecule has 1 aromatic heterocycles. The van der Waals surface area contributed by atoms with Crippen LogP contribution in [0.2, 0.25) is 5.02 Å². The molecule has 44 heavy (non-hydrogen) atoms. The summed E-state index contributed by atoms with van der Waals surface area (Å²) >= 11 is 5.55. The Morgan fingerprint density at radius 3 is 2.41 bits per heavy atom. The van der Waals surface area contributed by atoms with Gasteiger partial charge in [-0.2, -0.15) is 5.26 Å². The quantitative estimate of drug-likeness (QED) is 0.224. The van der Waals surface area contributed by atoms with Crippen LogP contribution in [-0.2, 0) is 25.9 Å². The van der Waals surface area contributed by atoms with Crippen LogP contribution in [0.1, 0.15) is 10.9 Å². The Morgan fingerprint density at radius 2 is 1.80 bits per heavy atom. The third kappa shape index (κ3) is 8.32. The van der Waals surface area contributed by atoms with E-state index in [0.717, 1.165) is 17.6 Å². The molecular formula is C28H24ClN5O7S3. The van der Waals surface area contributed by atoms with E-state index in [1.54, 1.807) is 54.6 Å². The molecule has 0 aliphatic carbocycles. The lowest BCUT2D eigenvalue weighted by Gasteiger charge is -2.17. The molecule has 1 heterocycles. The van der Waals surface area contributed by atoms with Gasteiger partial charge in [-0.15, -0.1) is 0 Å². The molecule has 0 radical (unpaired) electrons. The lowest BCUT2D eigenvalue weighted by molar-refractivity contribution is -0.116. The van der Waals surface area contributed by atoms with E-state index in [-0.39, 0.29) is 32.2 Å². The zero-order chi connectivity index (χ0) is 32.0. The van der Waals surface area contributed by atoms with Crippen molar-refractivity contribution in [1.82, 2.24) is 4.98 Å². The van der Waals surface area contributed by atoms with Gasteiger partial charge in [-0.1, -0.05) is 53.3 Å². The number of carbonyl (C=O) groups excluding carboxylic acids is 2. The maximum atomic E-state index is 13.3. The lowest BCUT2D eigenvalue weighted by atomic mass is 10.1. The summed E-state index contributed by atoms with van der Waals surface area (Å²) in [7, 11) is -2.11. The molecule has 0 aliphatic rings. The van der Waals surface area contributed by atoms with E-state index in [1.807, 2.05) is 6.07 Å². The minimum Gasteiger partial charge on any atom is -0.401 e. The van der Waals surface area contributed by atoms with Crippen LogP contribution in [-0.4, -0.2) is 49.2 Å². The first-order chi connectivity index (χ1) is 20.8. The van der Waals surface area contributed by atoms with E-state index < -0.39 is 39.0 Å². The average molecular weight is 674 g/mol. The van der Waals surface area contributed by atoms with Gasteiger partial charge in [-0.3, -0.25) is 14.4 Å². The summed E-state index contributed by atoms with van der Waals surface area (Å²) in [6.07, 6.45) is 1.59. The highest BCUT2D eigenvalue weighted by Gasteiger charge is 2.29. The second-order valence-electron chi connectivity index (χ2n) is 9.08. The molecule has 16 heteroatoms. The van der Waals surface area contributed by atoms with Crippen LogP contribution < -0.4 is 23.9 Å². The molecule has 228 valence electrons. The largest absolute Gasteiger partial charge is 0.420 e. The van der Waals surface area contributed by atoms with Crippen LogP contribution in [0.4, 0.5) is 21.9 Å². The predicted octanol–water partition coefficient (Wildman–Crippen LogP) is 5.39. The fourth-order valence-corrected chi connectivity index (χ4v) is 5.82. The Morgan fingerprint density at radius 1 is 1.11 bits per heavy atom. The van der Waals surface area contributed by atoms with Crippen molar-refractivity contribution in [2.24, 2.45) is 0 Å². The van der Waals surface area contributed by atoms with E-state index in [1.165, 1.54) is 36.4 Å². The van der Waals surface area contributed by atoms with E-state index >= 15 is 0 Å². The zero-order valence-corrected chi connectivity index (χ0v) is 26.5. The van der Waals surface area contributed by atoms with Gasteiger partial charge in [0.1, 0.15) is 16.5 Å². The van der Waals surface area contributed by atoms with Crippen molar-refractivity contribution in [3.8, 4) is 28.1 Å². The van der Waals surface area contributed by atoms with E-state index in [2.05, 4.69) is 15.0 Å². The SMILES string of the molecule is CN(C(=O)Oc1sc(C(C#N)C(=O)Nc2cc(NS(C)(=O)=O)ccc2Cl)nc1-c1ccccc1)c1ccc(OS(C)=O)cc1. The number of anilines is 3. The average Bonchev–Trinajstić information content (AvgIpc) is 3.37. The molecule has 2 atom stereocenters. The number of nitriles is 1. The highest BCUT2D eigenvalue weighted by atomic mass is 35.5. The monoisotopic (exact) mass is 673 g/mol. The molecule has 0 bridgehead atoms. The molecule has 0 spiro atoms. The van der Waals surface area contributed by atoms with Gasteiger partial charge in [-0.25, -0.2) is 22.4 Å². The van der Waals surface area contributed by atoms with Crippen molar-refractivity contribution in [3.63, 3.8) is 0 Å². The van der Waals surface area contributed by atoms with E-state index in [9.17, 15) is 27.5 Å². The van der Waals surface area contributed by atoms with Gasteiger partial charge in [0.2, 0.25) is 32.1 Å². The first kappa shape index (κ1) is 32.4. The molecular weight excluding hydrogens is 650 g/mol. The molecule has 4 aromatic rings. The van der Waals surface area contributed by atoms with Crippen molar-refractivity contribution in [2.45, 2.75) is 5.92 Å². The fourth-order valence-electron chi connectivity index (χ4n) is 3.74. The standard InChI is InChI=1S/C28H24ClN5O7S3/c1-34(19-10-12-20(13-11-19)41-43(2)37)28(36)40-27-24(17-7-5-4-6-8-17)32-26(42-27)21(16-30)25(35)31-23-15-18(9-14-22(23)29)33-44(3,38)39/h4-15,21,33H,1-3H3,(H,31,35). The number of nitrogens with one attached hydrogen (secondary N) is 2. The second-order valence-corrected chi connectivity index (χ2v) is 13.2. The minimum atomic E-state index is -3.60. The summed E-state index contributed by atoms with van der Waals surface area (Å²) in [5.41, 5.74) is 1.50. The number of rotatable bonds is 10. The maximum Gasteiger partial charge on any atom is 0.420 e. The van der Waals surface area contributed by atoms with Gasteiger partial charge in [-0.05, 0) is 42.5 Å². The molecule has 2 N–H and O–H groups in total. The number of nitrogens with zero attached hydrogens (tertiary/aromatic N) is 3. The highest BCUT2D eigenvalue weighted by Crippen LogP contribution is 2.39. The van der Waals surface area contributed by atoms with E-state index in [4.69, 9.17) is 20.5 Å². The topological polar surface area (TPSA) is 168 Å². The molecule has 0 saturated carbocycles. The Bertz CT molecular complexity index is 1860. The number of carbonyl (C=O) groups is 2. The van der Waals surface area contributed by atoms with Crippen molar-refractivity contribution in [2.75, 3.05) is 34.5 Å². The van der Waals surface area contributed by atoms with Gasteiger partial charge in [0.05, 0.1) is 28.7 Å². The molecule has 0 saturated heterocycles. The molecule has 0 aliphatic heterocycles. The number of benzene rings is 3. The molecule has 0 fully saturated rings. The number of aromatic nitrogens is 1. The van der Waals surface area contributed by atoms with Crippen LogP contribution in [0, 0.1) is 11.3 Å². The Balaban J connectivity index is 1.61. The van der Waals surface area contributed by atoms with Crippen molar-refractivity contribution >= 4 is 73.1 Å². The Labute approximate surface area is 264 Å². The van der Waals surface area contributed by atoms with Crippen LogP contribution in [0.15, 0.2) is 72.8 Å². The molecule has 4 rings (SSSR count). The van der Waals surface area contributed by atoms with Crippen molar-refractivity contribution < 1.29 is 31.1 Å². The third-order valence-corrected chi connectivity index (χ3v) is 8.08. The number of sulfonamides is 1. The zero-order valence-electron chi connectivity index (χ0n) is 23.3. The summed E-state index contributed by atoms with van der Waals surface area (Å²) in [6, 6.07) is 21.1. The number of halogens is 1. The highest BCUT2D eigenvalue weighted by molar-refractivity contribution is 7.92. The van der Waals surface area contributed by atoms with Gasteiger partial charge >= 0.3 is 6.09 Å². The first-order valence-electron chi connectivity index (χ1n) is 12.5. The van der Waals surface area contributed by atoms with Gasteiger partial charge < -0.3 is 14.2 Å². The predicted molar refractivity (Wildman–Crippen MR) is 170 cm³/mol. The lowest BCUT2D eigenvalue weighted by Crippen LogP contribution is -2.29. The smallest absolute Gasteiger partial charge is 0.401 e. The summed E-state index contributed by atoms with van der Waals surface area (Å²) in [4.78, 5) is 32.1. The van der Waals surface area contributed by atoms with Crippen LogP contribution in [0.3, 0.4) is 0 Å². The number of thiazole rings is 1. The van der Waals surface area contributed by atoms with E-state index in [0.29, 0.717) is 17.0 Å². The molecule has 12 nitrogen and oxygen atoms in total.